The molecule has 1 aromatic heterocycles. The van der Waals surface area contributed by atoms with Gasteiger partial charge in [-0.2, -0.15) is 0 Å². The molecule has 0 saturated heterocycles. The predicted octanol–water partition coefficient (Wildman–Crippen LogP) is 3.76. The quantitative estimate of drug-likeness (QED) is 0.935. The van der Waals surface area contributed by atoms with Crippen LogP contribution in [0.4, 0.5) is 0 Å². The molecule has 1 aromatic carbocycles. The minimum Gasteiger partial charge on any atom is -0.441 e. The molecular formula is C14H16BrNO2. The molecule has 0 unspecified atom stereocenters. The van der Waals surface area contributed by atoms with Crippen LogP contribution in [0.15, 0.2) is 33.2 Å². The Morgan fingerprint density at radius 2 is 1.94 bits per heavy atom. The Bertz CT molecular complexity index is 517. The average molecular weight is 310 g/mol. The fourth-order valence-corrected chi connectivity index (χ4v) is 2.08. The van der Waals surface area contributed by atoms with Gasteiger partial charge in [-0.15, -0.1) is 0 Å². The number of hydrogen-bond acceptors (Lipinski definition) is 3. The molecule has 1 heterocycles. The maximum atomic E-state index is 9.05. The van der Waals surface area contributed by atoms with E-state index in [1.165, 1.54) is 0 Å². The van der Waals surface area contributed by atoms with Crippen LogP contribution in [0.25, 0.3) is 11.5 Å². The summed E-state index contributed by atoms with van der Waals surface area (Å²) in [7, 11) is 0. The van der Waals surface area contributed by atoms with E-state index in [1.54, 1.807) is 0 Å². The van der Waals surface area contributed by atoms with E-state index < -0.39 is 0 Å². The third kappa shape index (κ3) is 2.82. The van der Waals surface area contributed by atoms with Gasteiger partial charge in [0.05, 0.1) is 12.3 Å². The fraction of sp³-hybridized carbons (Fsp3) is 0.357. The summed E-state index contributed by atoms with van der Waals surface area (Å²) < 4.78 is 6.78. The smallest absolute Gasteiger partial charge is 0.226 e. The van der Waals surface area contributed by atoms with E-state index in [9.17, 15) is 0 Å². The zero-order valence-corrected chi connectivity index (χ0v) is 12.1. The first-order chi connectivity index (χ1) is 8.61. The fourth-order valence-electron chi connectivity index (χ4n) is 1.81. The molecule has 4 heteroatoms. The number of rotatable bonds is 4. The summed E-state index contributed by atoms with van der Waals surface area (Å²) in [4.78, 5) is 4.54. The highest BCUT2D eigenvalue weighted by Crippen LogP contribution is 2.27. The molecule has 0 spiro atoms. The normalized spacial score (nSPS) is 11.2. The van der Waals surface area contributed by atoms with Gasteiger partial charge < -0.3 is 9.52 Å². The minimum absolute atomic E-state index is 0.0781. The van der Waals surface area contributed by atoms with Gasteiger partial charge in [-0.1, -0.05) is 29.8 Å². The lowest BCUT2D eigenvalue weighted by molar-refractivity contribution is 0.287. The van der Waals surface area contributed by atoms with Crippen molar-refractivity contribution in [2.45, 2.75) is 26.2 Å². The van der Waals surface area contributed by atoms with Gasteiger partial charge in [0, 0.05) is 16.5 Å². The average Bonchev–Trinajstić information content (AvgIpc) is 2.75. The Kier molecular flexibility index (Phi) is 4.19. The molecule has 3 nitrogen and oxygen atoms in total. The maximum absolute atomic E-state index is 9.05. The summed E-state index contributed by atoms with van der Waals surface area (Å²) in [5.41, 5.74) is 1.88. The van der Waals surface area contributed by atoms with Crippen LogP contribution in [0.1, 0.15) is 31.2 Å². The van der Waals surface area contributed by atoms with Crippen LogP contribution in [-0.4, -0.2) is 16.7 Å². The number of halogens is 1. The van der Waals surface area contributed by atoms with Crippen molar-refractivity contribution in [3.8, 4) is 11.5 Å². The Morgan fingerprint density at radius 3 is 2.50 bits per heavy atom. The van der Waals surface area contributed by atoms with Crippen LogP contribution < -0.4 is 0 Å². The number of aliphatic hydroxyl groups is 1. The summed E-state index contributed by atoms with van der Waals surface area (Å²) in [6.07, 6.45) is 0.511. The zero-order chi connectivity index (χ0) is 13.1. The van der Waals surface area contributed by atoms with E-state index in [4.69, 9.17) is 9.52 Å². The van der Waals surface area contributed by atoms with Crippen molar-refractivity contribution in [1.29, 1.82) is 0 Å². The molecule has 2 rings (SSSR count). The first-order valence-corrected chi connectivity index (χ1v) is 6.77. The van der Waals surface area contributed by atoms with E-state index in [2.05, 4.69) is 34.8 Å². The molecule has 0 aliphatic heterocycles. The van der Waals surface area contributed by atoms with Gasteiger partial charge >= 0.3 is 0 Å². The molecule has 0 amide bonds. The van der Waals surface area contributed by atoms with Crippen molar-refractivity contribution >= 4 is 15.9 Å². The topological polar surface area (TPSA) is 46.3 Å². The first-order valence-electron chi connectivity index (χ1n) is 5.98. The zero-order valence-electron chi connectivity index (χ0n) is 10.5. The molecule has 1 N–H and O–H groups in total. The van der Waals surface area contributed by atoms with E-state index in [0.29, 0.717) is 18.2 Å². The van der Waals surface area contributed by atoms with Crippen molar-refractivity contribution in [2.24, 2.45) is 0 Å². The van der Waals surface area contributed by atoms with Crippen LogP contribution in [-0.2, 0) is 6.42 Å². The van der Waals surface area contributed by atoms with Crippen molar-refractivity contribution in [3.05, 3.63) is 40.2 Å². The number of oxazole rings is 1. The standard InChI is InChI=1S/C14H16BrNO2/c1-9(2)13-12(7-8-17)18-14(16-13)10-3-5-11(15)6-4-10/h3-6,9,17H,7-8H2,1-2H3. The minimum atomic E-state index is 0.0781. The van der Waals surface area contributed by atoms with E-state index >= 15 is 0 Å². The van der Waals surface area contributed by atoms with Crippen molar-refractivity contribution in [2.75, 3.05) is 6.61 Å². The Labute approximate surface area is 115 Å². The van der Waals surface area contributed by atoms with Gasteiger partial charge in [0.15, 0.2) is 0 Å². The van der Waals surface area contributed by atoms with Crippen LogP contribution in [0.3, 0.4) is 0 Å². The van der Waals surface area contributed by atoms with Crippen LogP contribution >= 0.6 is 15.9 Å². The Morgan fingerprint density at radius 1 is 1.28 bits per heavy atom. The maximum Gasteiger partial charge on any atom is 0.226 e. The number of nitrogens with zero attached hydrogens (tertiary/aromatic N) is 1. The second-order valence-electron chi connectivity index (χ2n) is 4.46. The highest BCUT2D eigenvalue weighted by molar-refractivity contribution is 9.10. The molecule has 18 heavy (non-hydrogen) atoms. The largest absolute Gasteiger partial charge is 0.441 e. The first kappa shape index (κ1) is 13.3. The molecule has 0 radical (unpaired) electrons. The SMILES string of the molecule is CC(C)c1nc(-c2ccc(Br)cc2)oc1CCO. The van der Waals surface area contributed by atoms with E-state index in [1.807, 2.05) is 24.3 Å². The molecule has 0 atom stereocenters. The van der Waals surface area contributed by atoms with Crippen molar-refractivity contribution in [3.63, 3.8) is 0 Å². The highest BCUT2D eigenvalue weighted by Gasteiger charge is 2.16. The molecular weight excluding hydrogens is 294 g/mol. The van der Waals surface area contributed by atoms with Crippen LogP contribution in [0.5, 0.6) is 0 Å². The van der Waals surface area contributed by atoms with Gasteiger partial charge in [-0.3, -0.25) is 0 Å². The third-order valence-corrected chi connectivity index (χ3v) is 3.23. The lowest BCUT2D eigenvalue weighted by Crippen LogP contribution is -1.96. The van der Waals surface area contributed by atoms with E-state index in [-0.39, 0.29) is 6.61 Å². The highest BCUT2D eigenvalue weighted by atomic mass is 79.9. The molecule has 0 bridgehead atoms. The second-order valence-corrected chi connectivity index (χ2v) is 5.38. The van der Waals surface area contributed by atoms with Gasteiger partial charge in [-0.25, -0.2) is 4.98 Å². The van der Waals surface area contributed by atoms with Gasteiger partial charge in [0.25, 0.3) is 0 Å². The number of aromatic nitrogens is 1. The Balaban J connectivity index is 2.39. The number of benzene rings is 1. The third-order valence-electron chi connectivity index (χ3n) is 2.70. The lowest BCUT2D eigenvalue weighted by atomic mass is 10.1. The van der Waals surface area contributed by atoms with Gasteiger partial charge in [0.2, 0.25) is 5.89 Å². The number of aliphatic hydroxyl groups excluding tert-OH is 1. The molecule has 96 valence electrons. The number of hydrogen-bond donors (Lipinski definition) is 1. The second kappa shape index (κ2) is 5.67. The van der Waals surface area contributed by atoms with Crippen molar-refractivity contribution in [1.82, 2.24) is 4.98 Å². The summed E-state index contributed by atoms with van der Waals surface area (Å²) in [6, 6.07) is 7.84. The van der Waals surface area contributed by atoms with Gasteiger partial charge in [0.1, 0.15) is 5.76 Å². The summed E-state index contributed by atoms with van der Waals surface area (Å²) in [5, 5.41) is 9.05. The molecule has 0 aliphatic rings. The molecule has 0 saturated carbocycles. The molecule has 0 aliphatic carbocycles. The molecule has 2 aromatic rings. The lowest BCUT2D eigenvalue weighted by Gasteiger charge is -2.00. The predicted molar refractivity (Wildman–Crippen MR) is 74.5 cm³/mol. The van der Waals surface area contributed by atoms with Gasteiger partial charge in [-0.05, 0) is 30.2 Å². The van der Waals surface area contributed by atoms with Crippen LogP contribution in [0, 0.1) is 0 Å². The van der Waals surface area contributed by atoms with Crippen LogP contribution in [0.2, 0.25) is 0 Å². The van der Waals surface area contributed by atoms with E-state index in [0.717, 1.165) is 21.5 Å². The Hall–Kier alpha value is -1.13. The summed E-state index contributed by atoms with van der Waals surface area (Å²) in [6.45, 7) is 4.23. The van der Waals surface area contributed by atoms with Crippen molar-refractivity contribution < 1.29 is 9.52 Å². The molecule has 0 fully saturated rings. The summed E-state index contributed by atoms with van der Waals surface area (Å²) in [5.74, 6) is 1.69. The monoisotopic (exact) mass is 309 g/mol. The summed E-state index contributed by atoms with van der Waals surface area (Å²) >= 11 is 3.40.